The fraction of sp³-hybridized carbons (Fsp3) is 0.526. The molecule has 0 bridgehead atoms. The summed E-state index contributed by atoms with van der Waals surface area (Å²) in [6.07, 6.45) is -4.01. The van der Waals surface area contributed by atoms with E-state index in [9.17, 15) is 18.0 Å². The van der Waals surface area contributed by atoms with E-state index in [4.69, 9.17) is 9.47 Å². The van der Waals surface area contributed by atoms with Crippen molar-refractivity contribution in [3.05, 3.63) is 29.8 Å². The number of nitrogens with zero attached hydrogens (tertiary/aromatic N) is 4. The number of hydrogen-bond donors (Lipinski definition) is 0. The summed E-state index contributed by atoms with van der Waals surface area (Å²) in [6, 6.07) is 6.63. The van der Waals surface area contributed by atoms with Crippen LogP contribution in [0.15, 0.2) is 29.4 Å². The van der Waals surface area contributed by atoms with Crippen LogP contribution in [-0.2, 0) is 11.3 Å². The Balaban J connectivity index is 1.85. The average molecular weight is 444 g/mol. The minimum absolute atomic E-state index is 0.0718. The lowest BCUT2D eigenvalue weighted by Gasteiger charge is -2.28. The van der Waals surface area contributed by atoms with E-state index >= 15 is 0 Å². The van der Waals surface area contributed by atoms with Gasteiger partial charge in [-0.25, -0.2) is 0 Å². The Labute approximate surface area is 176 Å². The van der Waals surface area contributed by atoms with E-state index in [-0.39, 0.29) is 16.9 Å². The maximum absolute atomic E-state index is 13.3. The summed E-state index contributed by atoms with van der Waals surface area (Å²) in [5.74, 6) is 0.580. The number of hydrogen-bond acceptors (Lipinski definition) is 7. The maximum Gasteiger partial charge on any atom is 0.406 e. The minimum atomic E-state index is -4.44. The number of benzene rings is 1. The molecule has 0 N–H and O–H groups in total. The van der Waals surface area contributed by atoms with Crippen molar-refractivity contribution in [1.82, 2.24) is 14.8 Å². The number of ketones is 1. The van der Waals surface area contributed by atoms with Crippen LogP contribution in [0.3, 0.4) is 0 Å². The number of carbonyl (C=O) groups is 1. The monoisotopic (exact) mass is 444 g/mol. The predicted octanol–water partition coefficient (Wildman–Crippen LogP) is 3.44. The Hall–Kier alpha value is -2.27. The molecule has 0 amide bonds. The summed E-state index contributed by atoms with van der Waals surface area (Å²) in [7, 11) is 1.53. The molecular formula is C19H23F3N4O3S. The molecule has 2 heterocycles. The van der Waals surface area contributed by atoms with E-state index in [1.165, 1.54) is 7.11 Å². The summed E-state index contributed by atoms with van der Waals surface area (Å²) in [5.41, 5.74) is 0.463. The molecule has 0 saturated carbocycles. The van der Waals surface area contributed by atoms with Gasteiger partial charge in [0.1, 0.15) is 12.3 Å². The first-order valence-electron chi connectivity index (χ1n) is 9.50. The molecule has 1 saturated heterocycles. The highest BCUT2D eigenvalue weighted by molar-refractivity contribution is 8.00. The van der Waals surface area contributed by atoms with Crippen molar-refractivity contribution in [2.24, 2.45) is 0 Å². The predicted molar refractivity (Wildman–Crippen MR) is 106 cm³/mol. The molecule has 0 spiro atoms. The Bertz CT molecular complexity index is 852. The maximum atomic E-state index is 13.3. The summed E-state index contributed by atoms with van der Waals surface area (Å²) in [6.45, 7) is 2.28. The lowest BCUT2D eigenvalue weighted by molar-refractivity contribution is -0.141. The van der Waals surface area contributed by atoms with Gasteiger partial charge in [-0.1, -0.05) is 18.7 Å². The minimum Gasteiger partial charge on any atom is -0.497 e. The molecule has 11 heteroatoms. The van der Waals surface area contributed by atoms with Crippen molar-refractivity contribution in [1.29, 1.82) is 0 Å². The second kappa shape index (κ2) is 9.69. The second-order valence-corrected chi connectivity index (χ2v) is 7.86. The van der Waals surface area contributed by atoms with Gasteiger partial charge in [-0.15, -0.1) is 10.2 Å². The quantitative estimate of drug-likeness (QED) is 0.456. The molecule has 1 atom stereocenters. The first-order valence-corrected chi connectivity index (χ1v) is 10.4. The van der Waals surface area contributed by atoms with E-state index in [0.29, 0.717) is 44.0 Å². The smallest absolute Gasteiger partial charge is 0.406 e. The highest BCUT2D eigenvalue weighted by Crippen LogP contribution is 2.32. The van der Waals surface area contributed by atoms with Crippen LogP contribution in [-0.4, -0.2) is 65.4 Å². The number of halogens is 3. The van der Waals surface area contributed by atoms with E-state index in [1.54, 1.807) is 29.2 Å². The van der Waals surface area contributed by atoms with Gasteiger partial charge in [-0.2, -0.15) is 13.2 Å². The Morgan fingerprint density at radius 3 is 2.47 bits per heavy atom. The molecule has 0 aliphatic carbocycles. The molecule has 1 aliphatic heterocycles. The van der Waals surface area contributed by atoms with Gasteiger partial charge in [0.25, 0.3) is 0 Å². The summed E-state index contributed by atoms with van der Waals surface area (Å²) in [4.78, 5) is 14.6. The highest BCUT2D eigenvalue weighted by Gasteiger charge is 2.34. The van der Waals surface area contributed by atoms with Crippen LogP contribution in [0.1, 0.15) is 23.7 Å². The SMILES string of the molecule is CCC(Sc1nnc(N2CCOCC2)n1CC(F)(F)F)C(=O)c1ccc(OC)cc1. The number of rotatable bonds is 8. The van der Waals surface area contributed by atoms with Crippen LogP contribution >= 0.6 is 11.8 Å². The van der Waals surface area contributed by atoms with E-state index in [2.05, 4.69) is 10.2 Å². The lowest BCUT2D eigenvalue weighted by atomic mass is 10.1. The zero-order valence-corrected chi connectivity index (χ0v) is 17.5. The van der Waals surface area contributed by atoms with Crippen molar-refractivity contribution in [3.63, 3.8) is 0 Å². The Morgan fingerprint density at radius 1 is 1.23 bits per heavy atom. The number of anilines is 1. The van der Waals surface area contributed by atoms with Crippen molar-refractivity contribution < 1.29 is 27.4 Å². The third-order valence-electron chi connectivity index (χ3n) is 4.61. The molecule has 7 nitrogen and oxygen atoms in total. The summed E-state index contributed by atoms with van der Waals surface area (Å²) < 4.78 is 51.2. The van der Waals surface area contributed by atoms with Crippen LogP contribution in [0.4, 0.5) is 19.1 Å². The van der Waals surface area contributed by atoms with Crippen molar-refractivity contribution in [3.8, 4) is 5.75 Å². The molecule has 1 aromatic heterocycles. The Morgan fingerprint density at radius 2 is 1.90 bits per heavy atom. The standard InChI is InChI=1S/C19H23F3N4O3S/c1-3-15(16(27)13-4-6-14(28-2)7-5-13)30-18-24-23-17(25-8-10-29-11-9-25)26(18)12-19(20,21)22/h4-7,15H,3,8-12H2,1-2H3. The first kappa shape index (κ1) is 22.4. The van der Waals surface area contributed by atoms with Crippen LogP contribution in [0.25, 0.3) is 0 Å². The largest absolute Gasteiger partial charge is 0.497 e. The normalized spacial score (nSPS) is 15.8. The Kier molecular flexibility index (Phi) is 7.24. The van der Waals surface area contributed by atoms with E-state index < -0.39 is 18.0 Å². The zero-order chi connectivity index (χ0) is 21.7. The van der Waals surface area contributed by atoms with E-state index in [0.717, 1.165) is 16.3 Å². The van der Waals surface area contributed by atoms with Crippen LogP contribution in [0, 0.1) is 0 Å². The molecule has 30 heavy (non-hydrogen) atoms. The molecule has 0 radical (unpaired) electrons. The summed E-state index contributed by atoms with van der Waals surface area (Å²) >= 11 is 1.00. The number of morpholine rings is 1. The van der Waals surface area contributed by atoms with Gasteiger partial charge in [0, 0.05) is 18.7 Å². The van der Waals surface area contributed by atoms with Gasteiger partial charge in [0.05, 0.1) is 25.6 Å². The number of Topliss-reactive ketones (excluding diaryl/α,β-unsaturated/α-hetero) is 1. The first-order chi connectivity index (χ1) is 14.3. The van der Waals surface area contributed by atoms with Gasteiger partial charge in [-0.05, 0) is 30.7 Å². The molecule has 3 rings (SSSR count). The topological polar surface area (TPSA) is 69.5 Å². The molecule has 1 aromatic carbocycles. The number of methoxy groups -OCH3 is 1. The molecule has 164 valence electrons. The van der Waals surface area contributed by atoms with Crippen molar-refractivity contribution >= 4 is 23.5 Å². The number of ether oxygens (including phenoxy) is 2. The number of aromatic nitrogens is 3. The molecule has 1 aliphatic rings. The number of carbonyl (C=O) groups excluding carboxylic acids is 1. The van der Waals surface area contributed by atoms with Gasteiger partial charge in [0.2, 0.25) is 5.95 Å². The number of thioether (sulfide) groups is 1. The van der Waals surface area contributed by atoms with Crippen LogP contribution in [0.5, 0.6) is 5.75 Å². The van der Waals surface area contributed by atoms with Crippen molar-refractivity contribution in [2.75, 3.05) is 38.3 Å². The second-order valence-electron chi connectivity index (χ2n) is 6.69. The molecule has 2 aromatic rings. The third-order valence-corrected chi connectivity index (χ3v) is 5.96. The fourth-order valence-electron chi connectivity index (χ4n) is 3.07. The zero-order valence-electron chi connectivity index (χ0n) is 16.7. The van der Waals surface area contributed by atoms with Gasteiger partial charge in [-0.3, -0.25) is 9.36 Å². The van der Waals surface area contributed by atoms with Gasteiger partial charge in [0.15, 0.2) is 10.9 Å². The third kappa shape index (κ3) is 5.45. The van der Waals surface area contributed by atoms with Crippen LogP contribution in [0.2, 0.25) is 0 Å². The molecule has 1 fully saturated rings. The van der Waals surface area contributed by atoms with E-state index in [1.807, 2.05) is 6.92 Å². The molecule has 1 unspecified atom stereocenters. The van der Waals surface area contributed by atoms with Crippen LogP contribution < -0.4 is 9.64 Å². The fourth-order valence-corrected chi connectivity index (χ4v) is 4.10. The highest BCUT2D eigenvalue weighted by atomic mass is 32.2. The van der Waals surface area contributed by atoms with Gasteiger partial charge >= 0.3 is 6.18 Å². The number of alkyl halides is 3. The lowest BCUT2D eigenvalue weighted by Crippen LogP contribution is -2.38. The summed E-state index contributed by atoms with van der Waals surface area (Å²) in [5, 5.41) is 7.47. The molecular weight excluding hydrogens is 421 g/mol. The average Bonchev–Trinajstić information content (AvgIpc) is 3.12. The van der Waals surface area contributed by atoms with Gasteiger partial charge < -0.3 is 14.4 Å². The van der Waals surface area contributed by atoms with Crippen molar-refractivity contribution in [2.45, 2.75) is 36.5 Å².